The topological polar surface area (TPSA) is 90.6 Å². The van der Waals surface area contributed by atoms with Crippen LogP contribution in [0.3, 0.4) is 0 Å². The fourth-order valence-corrected chi connectivity index (χ4v) is 3.14. The summed E-state index contributed by atoms with van der Waals surface area (Å²) in [7, 11) is 2.76. The minimum absolute atomic E-state index is 0.0700. The maximum Gasteiger partial charge on any atom is 0.414 e. The van der Waals surface area contributed by atoms with Gasteiger partial charge in [0.25, 0.3) is 6.43 Å². The summed E-state index contributed by atoms with van der Waals surface area (Å²) in [4.78, 5) is 21.1. The van der Waals surface area contributed by atoms with E-state index in [0.29, 0.717) is 29.3 Å². The smallest absolute Gasteiger partial charge is 0.414 e. The number of ether oxygens (including phenoxy) is 2. The van der Waals surface area contributed by atoms with Crippen LogP contribution in [-0.2, 0) is 4.74 Å². The molecule has 0 saturated carbocycles. The first-order chi connectivity index (χ1) is 14.0. The number of aromatic nitrogens is 2. The van der Waals surface area contributed by atoms with Crippen LogP contribution in [0, 0.1) is 5.92 Å². The van der Waals surface area contributed by atoms with Gasteiger partial charge in [-0.15, -0.1) is 0 Å². The zero-order valence-corrected chi connectivity index (χ0v) is 17.9. The highest BCUT2D eigenvalue weighted by Gasteiger charge is 2.24. The maximum absolute atomic E-state index is 13.7. The third kappa shape index (κ3) is 6.09. The van der Waals surface area contributed by atoms with Crippen LogP contribution < -0.4 is 15.4 Å². The summed E-state index contributed by atoms with van der Waals surface area (Å²) in [6.07, 6.45) is 0.223. The average molecular weight is 422 g/mol. The number of nitrogens with zero attached hydrogens (tertiary/aromatic N) is 3. The lowest BCUT2D eigenvalue weighted by Crippen LogP contribution is -2.43. The molecule has 1 atom stereocenters. The molecule has 0 aliphatic heterocycles. The first kappa shape index (κ1) is 23.5. The van der Waals surface area contributed by atoms with Gasteiger partial charge in [0.05, 0.1) is 12.7 Å². The van der Waals surface area contributed by atoms with Crippen molar-refractivity contribution in [3.8, 4) is 17.0 Å². The van der Waals surface area contributed by atoms with Crippen molar-refractivity contribution < 1.29 is 23.0 Å². The van der Waals surface area contributed by atoms with E-state index >= 15 is 0 Å². The molecule has 2 aromatic heterocycles. The predicted molar refractivity (Wildman–Crippen MR) is 111 cm³/mol. The third-order valence-electron chi connectivity index (χ3n) is 4.40. The molecule has 0 fully saturated rings. The molecule has 0 aliphatic rings. The van der Waals surface area contributed by atoms with Crippen LogP contribution in [0.5, 0.6) is 5.88 Å². The molecular weight excluding hydrogens is 394 g/mol. The van der Waals surface area contributed by atoms with Gasteiger partial charge in [0, 0.05) is 30.5 Å². The quantitative estimate of drug-likeness (QED) is 0.677. The van der Waals surface area contributed by atoms with Gasteiger partial charge in [-0.3, -0.25) is 4.90 Å². The highest BCUT2D eigenvalue weighted by Crippen LogP contribution is 2.32. The van der Waals surface area contributed by atoms with Crippen LogP contribution in [0.25, 0.3) is 11.1 Å². The van der Waals surface area contributed by atoms with Crippen molar-refractivity contribution in [3.05, 3.63) is 36.2 Å². The van der Waals surface area contributed by atoms with E-state index in [1.807, 2.05) is 20.8 Å². The van der Waals surface area contributed by atoms with Crippen LogP contribution in [0.2, 0.25) is 0 Å². The number of amides is 1. The molecule has 1 amide bonds. The third-order valence-corrected chi connectivity index (χ3v) is 4.40. The van der Waals surface area contributed by atoms with Gasteiger partial charge >= 0.3 is 6.09 Å². The molecule has 0 spiro atoms. The predicted octanol–water partition coefficient (Wildman–Crippen LogP) is 4.43. The van der Waals surface area contributed by atoms with Gasteiger partial charge in [-0.25, -0.2) is 23.5 Å². The fourth-order valence-electron chi connectivity index (χ4n) is 3.14. The number of carbonyl (C=O) groups excluding carboxylic acids is 1. The maximum atomic E-state index is 13.7. The van der Waals surface area contributed by atoms with Crippen molar-refractivity contribution in [2.24, 2.45) is 11.7 Å². The normalized spacial score (nSPS) is 13.3. The summed E-state index contributed by atoms with van der Waals surface area (Å²) in [5.74, 6) is 0.513. The van der Waals surface area contributed by atoms with Crippen molar-refractivity contribution in [1.82, 2.24) is 9.97 Å². The van der Waals surface area contributed by atoms with Gasteiger partial charge in [-0.1, -0.05) is 13.8 Å². The Morgan fingerprint density at radius 1 is 1.27 bits per heavy atom. The van der Waals surface area contributed by atoms with Crippen molar-refractivity contribution >= 4 is 11.9 Å². The molecule has 0 radical (unpaired) electrons. The Morgan fingerprint density at radius 2 is 1.97 bits per heavy atom. The molecule has 0 bridgehead atoms. The molecule has 2 aromatic rings. The summed E-state index contributed by atoms with van der Waals surface area (Å²) in [6, 6.07) is 4.55. The first-order valence-corrected chi connectivity index (χ1v) is 9.52. The molecule has 0 aliphatic carbocycles. The van der Waals surface area contributed by atoms with Gasteiger partial charge in [-0.05, 0) is 43.0 Å². The number of nitrogens with two attached hydrogens (primary N) is 1. The number of hydrogen-bond acceptors (Lipinski definition) is 6. The lowest BCUT2D eigenvalue weighted by molar-refractivity contribution is 0.137. The molecule has 2 N–H and O–H groups in total. The van der Waals surface area contributed by atoms with Crippen LogP contribution in [0.15, 0.2) is 30.6 Å². The molecule has 7 nitrogen and oxygen atoms in total. The summed E-state index contributed by atoms with van der Waals surface area (Å²) >= 11 is 0. The van der Waals surface area contributed by atoms with Crippen molar-refractivity contribution in [1.29, 1.82) is 0 Å². The van der Waals surface area contributed by atoms with E-state index in [4.69, 9.17) is 10.5 Å². The van der Waals surface area contributed by atoms with Gasteiger partial charge in [0.15, 0.2) is 0 Å². The lowest BCUT2D eigenvalue weighted by Gasteiger charge is -2.26. The highest BCUT2D eigenvalue weighted by atomic mass is 19.3. The Hall–Kier alpha value is -2.81. The monoisotopic (exact) mass is 422 g/mol. The van der Waals surface area contributed by atoms with Crippen LogP contribution in [0.1, 0.15) is 39.2 Å². The molecule has 30 heavy (non-hydrogen) atoms. The van der Waals surface area contributed by atoms with E-state index in [1.54, 1.807) is 12.1 Å². The second-order valence-electron chi connectivity index (χ2n) is 7.89. The number of methoxy groups -OCH3 is 1. The Kier molecular flexibility index (Phi) is 7.66. The summed E-state index contributed by atoms with van der Waals surface area (Å²) in [5, 5.41) is 0. The Bertz CT molecular complexity index is 875. The van der Waals surface area contributed by atoms with E-state index in [1.165, 1.54) is 37.5 Å². The number of alkyl halides is 2. The molecule has 0 aromatic carbocycles. The Morgan fingerprint density at radius 3 is 2.57 bits per heavy atom. The number of rotatable bonds is 8. The molecule has 0 unspecified atom stereocenters. The van der Waals surface area contributed by atoms with Gasteiger partial charge in [0.2, 0.25) is 5.88 Å². The minimum atomic E-state index is -2.78. The zero-order chi connectivity index (χ0) is 22.5. The van der Waals surface area contributed by atoms with E-state index < -0.39 is 18.1 Å². The highest BCUT2D eigenvalue weighted by molar-refractivity contribution is 5.86. The second kappa shape index (κ2) is 9.80. The number of carbonyl (C=O) groups is 1. The van der Waals surface area contributed by atoms with Crippen molar-refractivity contribution in [2.75, 3.05) is 25.7 Å². The lowest BCUT2D eigenvalue weighted by atomic mass is 9.93. The van der Waals surface area contributed by atoms with E-state index in [0.717, 1.165) is 0 Å². The van der Waals surface area contributed by atoms with Gasteiger partial charge < -0.3 is 15.2 Å². The number of halogens is 2. The van der Waals surface area contributed by atoms with Gasteiger partial charge in [-0.2, -0.15) is 0 Å². The number of anilines is 1. The summed E-state index contributed by atoms with van der Waals surface area (Å²) in [5.41, 5.74) is 6.23. The van der Waals surface area contributed by atoms with Gasteiger partial charge in [0.1, 0.15) is 12.4 Å². The van der Waals surface area contributed by atoms with Crippen molar-refractivity contribution in [3.63, 3.8) is 0 Å². The molecule has 2 rings (SSSR count). The standard InChI is InChI=1S/C21H28F2N4O3/c1-13(2)10-21(3,24)12-30-19-16(18(22)23)8-15(11-26-19)14-6-7-25-17(9-14)27(4)20(28)29-5/h6-9,11,13,18H,10,12,24H2,1-5H3/t21-/m0/s1. The van der Waals surface area contributed by atoms with E-state index in [2.05, 4.69) is 14.7 Å². The van der Waals surface area contributed by atoms with E-state index in [9.17, 15) is 13.6 Å². The summed E-state index contributed by atoms with van der Waals surface area (Å²) in [6.45, 7) is 5.95. The second-order valence-corrected chi connectivity index (χ2v) is 7.89. The van der Waals surface area contributed by atoms with Crippen LogP contribution >= 0.6 is 0 Å². The zero-order valence-electron chi connectivity index (χ0n) is 17.9. The fraction of sp³-hybridized carbons (Fsp3) is 0.476. The summed E-state index contributed by atoms with van der Waals surface area (Å²) < 4.78 is 37.6. The molecule has 164 valence electrons. The largest absolute Gasteiger partial charge is 0.475 e. The van der Waals surface area contributed by atoms with Crippen LogP contribution in [-0.4, -0.2) is 42.4 Å². The minimum Gasteiger partial charge on any atom is -0.475 e. The number of pyridine rings is 2. The number of hydrogen-bond donors (Lipinski definition) is 1. The van der Waals surface area contributed by atoms with Crippen molar-refractivity contribution in [2.45, 2.75) is 39.2 Å². The van der Waals surface area contributed by atoms with E-state index in [-0.39, 0.29) is 18.1 Å². The SMILES string of the molecule is COC(=O)N(C)c1cc(-c2cnc(OC[C@@](C)(N)CC(C)C)c(C(F)F)c2)ccn1. The Labute approximate surface area is 175 Å². The molecule has 9 heteroatoms. The Balaban J connectivity index is 2.30. The molecular formula is C21H28F2N4O3. The molecule has 0 saturated heterocycles. The molecule has 2 heterocycles. The average Bonchev–Trinajstić information content (AvgIpc) is 2.70. The van der Waals surface area contributed by atoms with Crippen LogP contribution in [0.4, 0.5) is 19.4 Å². The first-order valence-electron chi connectivity index (χ1n) is 9.52.